The van der Waals surface area contributed by atoms with Gasteiger partial charge in [-0.3, -0.25) is 4.79 Å². The minimum Gasteiger partial charge on any atom is -0.462 e. The van der Waals surface area contributed by atoms with Gasteiger partial charge in [-0.15, -0.1) is 11.3 Å². The number of benzene rings is 1. The fraction of sp³-hybridized carbons (Fsp3) is 0.368. The van der Waals surface area contributed by atoms with Crippen molar-refractivity contribution in [1.82, 2.24) is 0 Å². The Labute approximate surface area is 150 Å². The van der Waals surface area contributed by atoms with Crippen LogP contribution in [0.5, 0.6) is 0 Å². The number of ether oxygens (including phenoxy) is 1. The Kier molecular flexibility index (Phi) is 5.48. The van der Waals surface area contributed by atoms with E-state index in [-0.39, 0.29) is 24.2 Å². The zero-order chi connectivity index (χ0) is 17.8. The number of anilines is 1. The highest BCUT2D eigenvalue weighted by molar-refractivity contribution is 7.18. The van der Waals surface area contributed by atoms with Crippen LogP contribution in [0.4, 0.5) is 10.1 Å². The van der Waals surface area contributed by atoms with E-state index >= 15 is 0 Å². The van der Waals surface area contributed by atoms with Crippen molar-refractivity contribution in [2.24, 2.45) is 5.92 Å². The number of esters is 1. The molecule has 0 radical (unpaired) electrons. The van der Waals surface area contributed by atoms with Crippen LogP contribution in [0, 0.1) is 11.7 Å². The van der Waals surface area contributed by atoms with Crippen LogP contribution in [0.1, 0.15) is 42.3 Å². The molecule has 6 heteroatoms. The highest BCUT2D eigenvalue weighted by atomic mass is 32.1. The van der Waals surface area contributed by atoms with E-state index in [4.69, 9.17) is 4.74 Å². The minimum absolute atomic E-state index is 0.00390. The summed E-state index contributed by atoms with van der Waals surface area (Å²) in [7, 11) is 0. The number of carbonyl (C=O) groups is 2. The van der Waals surface area contributed by atoms with E-state index in [0.717, 1.165) is 36.1 Å². The second-order valence-electron chi connectivity index (χ2n) is 6.05. The predicted molar refractivity (Wildman–Crippen MR) is 96.3 cm³/mol. The number of amides is 1. The highest BCUT2D eigenvalue weighted by Crippen LogP contribution is 2.36. The summed E-state index contributed by atoms with van der Waals surface area (Å²) < 4.78 is 18.2. The van der Waals surface area contributed by atoms with Gasteiger partial charge in [-0.2, -0.15) is 0 Å². The number of halogens is 1. The van der Waals surface area contributed by atoms with Crippen molar-refractivity contribution in [3.63, 3.8) is 0 Å². The van der Waals surface area contributed by atoms with Crippen LogP contribution in [-0.4, -0.2) is 18.5 Å². The molecule has 4 nitrogen and oxygen atoms in total. The van der Waals surface area contributed by atoms with Crippen molar-refractivity contribution in [2.75, 3.05) is 11.9 Å². The first-order valence-corrected chi connectivity index (χ1v) is 9.28. The summed E-state index contributed by atoms with van der Waals surface area (Å²) in [6.07, 6.45) is 3.89. The van der Waals surface area contributed by atoms with Crippen molar-refractivity contribution in [3.8, 4) is 10.4 Å². The monoisotopic (exact) mass is 361 g/mol. The number of rotatable bonds is 5. The first kappa shape index (κ1) is 17.6. The number of thiophene rings is 1. The Hall–Kier alpha value is -2.21. The molecule has 0 unspecified atom stereocenters. The molecule has 2 aromatic rings. The van der Waals surface area contributed by atoms with Crippen LogP contribution >= 0.6 is 11.3 Å². The van der Waals surface area contributed by atoms with Crippen LogP contribution in [0.15, 0.2) is 30.3 Å². The molecule has 1 heterocycles. The van der Waals surface area contributed by atoms with Crippen molar-refractivity contribution >= 4 is 28.9 Å². The van der Waals surface area contributed by atoms with E-state index in [0.29, 0.717) is 10.6 Å². The Morgan fingerprint density at radius 1 is 1.24 bits per heavy atom. The summed E-state index contributed by atoms with van der Waals surface area (Å²) in [4.78, 5) is 25.8. The van der Waals surface area contributed by atoms with E-state index in [1.165, 1.54) is 23.5 Å². The van der Waals surface area contributed by atoms with Gasteiger partial charge in [0.2, 0.25) is 5.91 Å². The van der Waals surface area contributed by atoms with Crippen molar-refractivity contribution in [1.29, 1.82) is 0 Å². The molecule has 1 fully saturated rings. The lowest BCUT2D eigenvalue weighted by Crippen LogP contribution is -2.21. The second-order valence-corrected chi connectivity index (χ2v) is 7.10. The van der Waals surface area contributed by atoms with Gasteiger partial charge in [-0.1, -0.05) is 25.0 Å². The fourth-order valence-corrected chi connectivity index (χ4v) is 4.02. The molecule has 1 saturated carbocycles. The van der Waals surface area contributed by atoms with Crippen molar-refractivity contribution in [2.45, 2.75) is 32.6 Å². The van der Waals surface area contributed by atoms with Gasteiger partial charge in [-0.05, 0) is 43.5 Å². The van der Waals surface area contributed by atoms with Gasteiger partial charge >= 0.3 is 5.97 Å². The van der Waals surface area contributed by atoms with Gasteiger partial charge in [0, 0.05) is 10.8 Å². The molecule has 0 atom stereocenters. The molecule has 1 aromatic heterocycles. The fourth-order valence-electron chi connectivity index (χ4n) is 3.01. The Morgan fingerprint density at radius 2 is 1.92 bits per heavy atom. The third-order valence-electron chi connectivity index (χ3n) is 4.31. The molecule has 1 aliphatic carbocycles. The maximum atomic E-state index is 13.1. The average Bonchev–Trinajstić information content (AvgIpc) is 3.25. The highest BCUT2D eigenvalue weighted by Gasteiger charge is 2.26. The lowest BCUT2D eigenvalue weighted by Gasteiger charge is -2.10. The summed E-state index contributed by atoms with van der Waals surface area (Å²) >= 11 is 1.24. The quantitative estimate of drug-likeness (QED) is 0.774. The van der Waals surface area contributed by atoms with E-state index in [1.807, 2.05) is 0 Å². The topological polar surface area (TPSA) is 55.4 Å². The molecule has 3 rings (SSSR count). The molecule has 1 N–H and O–H groups in total. The maximum absolute atomic E-state index is 13.1. The molecule has 132 valence electrons. The Bertz CT molecular complexity index is 763. The van der Waals surface area contributed by atoms with Gasteiger partial charge in [0.1, 0.15) is 10.7 Å². The van der Waals surface area contributed by atoms with Gasteiger partial charge in [-0.25, -0.2) is 9.18 Å². The smallest absolute Gasteiger partial charge is 0.350 e. The van der Waals surface area contributed by atoms with Gasteiger partial charge in [0.05, 0.1) is 12.3 Å². The molecule has 0 spiro atoms. The third kappa shape index (κ3) is 4.07. The average molecular weight is 361 g/mol. The van der Waals surface area contributed by atoms with Crippen LogP contribution < -0.4 is 5.32 Å². The molecule has 0 aliphatic heterocycles. The molecule has 0 saturated heterocycles. The van der Waals surface area contributed by atoms with E-state index in [1.54, 1.807) is 25.1 Å². The SMILES string of the molecule is CCOC(=O)c1sc(-c2ccc(F)cc2)cc1NC(=O)C1CCCC1. The molecular formula is C19H20FNO3S. The first-order valence-electron chi connectivity index (χ1n) is 8.46. The molecule has 1 aromatic carbocycles. The van der Waals surface area contributed by atoms with Crippen LogP contribution in [0.2, 0.25) is 0 Å². The lowest BCUT2D eigenvalue weighted by atomic mass is 10.1. The van der Waals surface area contributed by atoms with Crippen LogP contribution in [0.25, 0.3) is 10.4 Å². The molecule has 0 bridgehead atoms. The molecular weight excluding hydrogens is 341 g/mol. The number of carbonyl (C=O) groups excluding carboxylic acids is 2. The summed E-state index contributed by atoms with van der Waals surface area (Å²) in [5.41, 5.74) is 1.26. The standard InChI is InChI=1S/C19H20FNO3S/c1-2-24-19(23)17-15(21-18(22)13-5-3-4-6-13)11-16(25-17)12-7-9-14(20)10-8-12/h7-11,13H,2-6H2,1H3,(H,21,22). The molecule has 25 heavy (non-hydrogen) atoms. The largest absolute Gasteiger partial charge is 0.462 e. The zero-order valence-corrected chi connectivity index (χ0v) is 14.8. The normalized spacial score (nSPS) is 14.5. The Balaban J connectivity index is 1.89. The summed E-state index contributed by atoms with van der Waals surface area (Å²) in [5.74, 6) is -0.820. The summed E-state index contributed by atoms with van der Waals surface area (Å²) in [6.45, 7) is 2.00. The van der Waals surface area contributed by atoms with Gasteiger partial charge in [0.25, 0.3) is 0 Å². The second kappa shape index (κ2) is 7.78. The van der Waals surface area contributed by atoms with Crippen molar-refractivity contribution < 1.29 is 18.7 Å². The van der Waals surface area contributed by atoms with Crippen LogP contribution in [0.3, 0.4) is 0 Å². The summed E-state index contributed by atoms with van der Waals surface area (Å²) in [5, 5.41) is 2.89. The number of hydrogen-bond acceptors (Lipinski definition) is 4. The molecule has 1 aliphatic rings. The van der Waals surface area contributed by atoms with E-state index < -0.39 is 5.97 Å². The van der Waals surface area contributed by atoms with Gasteiger partial charge < -0.3 is 10.1 Å². The predicted octanol–water partition coefficient (Wildman–Crippen LogP) is 4.86. The van der Waals surface area contributed by atoms with E-state index in [9.17, 15) is 14.0 Å². The Morgan fingerprint density at radius 3 is 2.56 bits per heavy atom. The number of hydrogen-bond donors (Lipinski definition) is 1. The van der Waals surface area contributed by atoms with Gasteiger partial charge in [0.15, 0.2) is 0 Å². The van der Waals surface area contributed by atoms with Crippen LogP contribution in [-0.2, 0) is 9.53 Å². The maximum Gasteiger partial charge on any atom is 0.350 e. The minimum atomic E-state index is -0.456. The number of nitrogens with one attached hydrogen (secondary N) is 1. The molecule has 1 amide bonds. The van der Waals surface area contributed by atoms with Crippen molar-refractivity contribution in [3.05, 3.63) is 41.0 Å². The zero-order valence-electron chi connectivity index (χ0n) is 14.0. The first-order chi connectivity index (χ1) is 12.1. The lowest BCUT2D eigenvalue weighted by molar-refractivity contribution is -0.119. The third-order valence-corrected chi connectivity index (χ3v) is 5.47. The van der Waals surface area contributed by atoms with E-state index in [2.05, 4.69) is 5.32 Å². The summed E-state index contributed by atoms with van der Waals surface area (Å²) in [6, 6.07) is 7.81.